The predicted octanol–water partition coefficient (Wildman–Crippen LogP) is 3.41. The number of rotatable bonds is 2. The Balaban J connectivity index is 0.000000252. The number of hydrogen-bond acceptors (Lipinski definition) is 1. The molecular weight excluding hydrogens is 184 g/mol. The van der Waals surface area contributed by atoms with Crippen molar-refractivity contribution in [2.45, 2.75) is 26.7 Å². The quantitative estimate of drug-likeness (QED) is 0.666. The Hall–Kier alpha value is -0.820. The van der Waals surface area contributed by atoms with Gasteiger partial charge < -0.3 is 0 Å². The maximum Gasteiger partial charge on any atom is 0.221 e. The number of carbonyl (C=O) groups is 1. The van der Waals surface area contributed by atoms with Crippen LogP contribution in [0.3, 0.4) is 0 Å². The third-order valence-electron chi connectivity index (χ3n) is 1.53. The topological polar surface area (TPSA) is 17.1 Å². The van der Waals surface area contributed by atoms with E-state index in [4.69, 9.17) is 11.6 Å². The molecule has 1 aromatic carbocycles. The summed E-state index contributed by atoms with van der Waals surface area (Å²) >= 11 is 4.82. The minimum absolute atomic E-state index is 0.273. The molecule has 0 saturated carbocycles. The average molecular weight is 199 g/mol. The van der Waals surface area contributed by atoms with E-state index in [-0.39, 0.29) is 5.24 Å². The Labute approximate surface area is 84.7 Å². The summed E-state index contributed by atoms with van der Waals surface area (Å²) < 4.78 is 0. The smallest absolute Gasteiger partial charge is 0.221 e. The Morgan fingerprint density at radius 3 is 1.92 bits per heavy atom. The summed E-state index contributed by atoms with van der Waals surface area (Å²) in [5.41, 5.74) is 1.41. The Kier molecular flexibility index (Phi) is 7.32. The molecule has 0 radical (unpaired) electrons. The lowest BCUT2D eigenvalue weighted by Gasteiger charge is -1.89. The first kappa shape index (κ1) is 12.2. The van der Waals surface area contributed by atoms with Crippen molar-refractivity contribution in [1.82, 2.24) is 0 Å². The molecule has 2 heteroatoms. The molecule has 0 aliphatic carbocycles. The molecule has 0 heterocycles. The molecule has 0 saturated heterocycles. The Bertz CT molecular complexity index is 231. The van der Waals surface area contributed by atoms with E-state index in [0.29, 0.717) is 6.42 Å². The first-order valence-electron chi connectivity index (χ1n) is 4.43. The predicted molar refractivity (Wildman–Crippen MR) is 57.0 cm³/mol. The zero-order valence-electron chi connectivity index (χ0n) is 8.09. The molecule has 0 unspecified atom stereocenters. The van der Waals surface area contributed by atoms with E-state index >= 15 is 0 Å². The van der Waals surface area contributed by atoms with Crippen molar-refractivity contribution in [3.8, 4) is 0 Å². The molecule has 0 N–H and O–H groups in total. The van der Waals surface area contributed by atoms with E-state index in [1.807, 2.05) is 6.07 Å². The number of hydrogen-bond donors (Lipinski definition) is 0. The van der Waals surface area contributed by atoms with Gasteiger partial charge in [-0.05, 0) is 23.6 Å². The van der Waals surface area contributed by atoms with Crippen LogP contribution in [0.4, 0.5) is 0 Å². The lowest BCUT2D eigenvalue weighted by atomic mass is 10.2. The second-order valence-corrected chi connectivity index (χ2v) is 2.97. The fourth-order valence-corrected chi connectivity index (χ4v) is 0.714. The van der Waals surface area contributed by atoms with Crippen LogP contribution in [-0.2, 0) is 11.2 Å². The van der Waals surface area contributed by atoms with Gasteiger partial charge in [0.1, 0.15) is 0 Å². The van der Waals surface area contributed by atoms with Crippen molar-refractivity contribution in [3.05, 3.63) is 35.9 Å². The van der Waals surface area contributed by atoms with Crippen molar-refractivity contribution in [2.24, 2.45) is 0 Å². The maximum absolute atomic E-state index is 9.58. The van der Waals surface area contributed by atoms with Crippen LogP contribution in [-0.4, -0.2) is 5.24 Å². The molecule has 72 valence electrons. The van der Waals surface area contributed by atoms with Gasteiger partial charge in [-0.15, -0.1) is 0 Å². The van der Waals surface area contributed by atoms with Gasteiger partial charge in [-0.25, -0.2) is 0 Å². The SMILES string of the molecule is CCC(=O)Cl.CCc1ccccc1. The molecular formula is C11H15ClO. The number of carbonyl (C=O) groups excluding carboxylic acids is 1. The highest BCUT2D eigenvalue weighted by atomic mass is 35.5. The second kappa shape index (κ2) is 7.81. The largest absolute Gasteiger partial charge is 0.281 e. The summed E-state index contributed by atoms with van der Waals surface area (Å²) in [5.74, 6) is 0. The number of benzene rings is 1. The standard InChI is InChI=1S/C8H10.C3H5ClO/c1-2-8-6-4-3-5-7-8;1-2-3(4)5/h3-7H,2H2,1H3;2H2,1H3. The summed E-state index contributed by atoms with van der Waals surface area (Å²) in [6.45, 7) is 3.88. The van der Waals surface area contributed by atoms with Gasteiger partial charge >= 0.3 is 0 Å². The number of aryl methyl sites for hydroxylation is 1. The highest BCUT2D eigenvalue weighted by molar-refractivity contribution is 6.63. The molecule has 1 nitrogen and oxygen atoms in total. The molecule has 0 aromatic heterocycles. The first-order chi connectivity index (χ1) is 6.20. The van der Waals surface area contributed by atoms with Crippen LogP contribution in [0.5, 0.6) is 0 Å². The molecule has 0 bridgehead atoms. The van der Waals surface area contributed by atoms with Gasteiger partial charge in [0.2, 0.25) is 5.24 Å². The summed E-state index contributed by atoms with van der Waals surface area (Å²) in [4.78, 5) is 9.58. The van der Waals surface area contributed by atoms with Crippen molar-refractivity contribution in [1.29, 1.82) is 0 Å². The lowest BCUT2D eigenvalue weighted by molar-refractivity contribution is -0.111. The van der Waals surface area contributed by atoms with Crippen LogP contribution in [0.15, 0.2) is 30.3 Å². The average Bonchev–Trinajstić information content (AvgIpc) is 2.20. The van der Waals surface area contributed by atoms with E-state index in [0.717, 1.165) is 6.42 Å². The number of halogens is 1. The van der Waals surface area contributed by atoms with Gasteiger partial charge in [0.05, 0.1) is 0 Å². The van der Waals surface area contributed by atoms with Crippen molar-refractivity contribution >= 4 is 16.8 Å². The van der Waals surface area contributed by atoms with Gasteiger partial charge in [0.25, 0.3) is 0 Å². The molecule has 1 aromatic rings. The van der Waals surface area contributed by atoms with Crippen LogP contribution in [0.2, 0.25) is 0 Å². The molecule has 0 aliphatic heterocycles. The van der Waals surface area contributed by atoms with E-state index in [1.165, 1.54) is 5.56 Å². The monoisotopic (exact) mass is 198 g/mol. The molecule has 0 atom stereocenters. The van der Waals surface area contributed by atoms with Gasteiger partial charge in [-0.3, -0.25) is 4.79 Å². The van der Waals surface area contributed by atoms with Crippen LogP contribution in [0, 0.1) is 0 Å². The molecule has 0 fully saturated rings. The minimum atomic E-state index is -0.273. The summed E-state index contributed by atoms with van der Waals surface area (Å²) in [6, 6.07) is 10.5. The fourth-order valence-electron chi connectivity index (χ4n) is 0.714. The Morgan fingerprint density at radius 1 is 1.23 bits per heavy atom. The third-order valence-corrected chi connectivity index (χ3v) is 1.80. The fraction of sp³-hybridized carbons (Fsp3) is 0.364. The Morgan fingerprint density at radius 2 is 1.69 bits per heavy atom. The van der Waals surface area contributed by atoms with Gasteiger partial charge in [0, 0.05) is 6.42 Å². The molecule has 1 rings (SSSR count). The summed E-state index contributed by atoms with van der Waals surface area (Å²) in [5, 5.41) is -0.273. The summed E-state index contributed by atoms with van der Waals surface area (Å²) in [6.07, 6.45) is 1.57. The second-order valence-electron chi connectivity index (χ2n) is 2.55. The van der Waals surface area contributed by atoms with Crippen LogP contribution < -0.4 is 0 Å². The molecule has 13 heavy (non-hydrogen) atoms. The van der Waals surface area contributed by atoms with Crippen molar-refractivity contribution in [3.63, 3.8) is 0 Å². The van der Waals surface area contributed by atoms with Crippen LogP contribution in [0.1, 0.15) is 25.8 Å². The van der Waals surface area contributed by atoms with Crippen LogP contribution >= 0.6 is 11.6 Å². The molecule has 0 amide bonds. The molecule has 0 aliphatic rings. The normalized spacial score (nSPS) is 8.54. The van der Waals surface area contributed by atoms with E-state index in [1.54, 1.807) is 6.92 Å². The van der Waals surface area contributed by atoms with E-state index < -0.39 is 0 Å². The van der Waals surface area contributed by atoms with Gasteiger partial charge in [0.15, 0.2) is 0 Å². The van der Waals surface area contributed by atoms with Gasteiger partial charge in [-0.1, -0.05) is 44.2 Å². The van der Waals surface area contributed by atoms with E-state index in [2.05, 4.69) is 31.2 Å². The first-order valence-corrected chi connectivity index (χ1v) is 4.80. The van der Waals surface area contributed by atoms with E-state index in [9.17, 15) is 4.79 Å². The highest BCUT2D eigenvalue weighted by Gasteiger charge is 1.81. The zero-order chi connectivity index (χ0) is 10.1. The summed E-state index contributed by atoms with van der Waals surface area (Å²) in [7, 11) is 0. The molecule has 0 spiro atoms. The maximum atomic E-state index is 9.58. The van der Waals surface area contributed by atoms with Gasteiger partial charge in [-0.2, -0.15) is 0 Å². The lowest BCUT2D eigenvalue weighted by Crippen LogP contribution is -1.74. The van der Waals surface area contributed by atoms with Crippen LogP contribution in [0.25, 0.3) is 0 Å². The van der Waals surface area contributed by atoms with Crippen molar-refractivity contribution < 1.29 is 4.79 Å². The van der Waals surface area contributed by atoms with Crippen molar-refractivity contribution in [2.75, 3.05) is 0 Å². The zero-order valence-corrected chi connectivity index (χ0v) is 8.84. The minimum Gasteiger partial charge on any atom is -0.281 e. The third kappa shape index (κ3) is 7.54. The highest BCUT2D eigenvalue weighted by Crippen LogP contribution is 1.96.